The minimum atomic E-state index is -0.905. The van der Waals surface area contributed by atoms with Crippen molar-refractivity contribution >= 4 is 27.8 Å². The average Bonchev–Trinajstić information content (AvgIpc) is 3.31. The monoisotopic (exact) mass is 576 g/mol. The van der Waals surface area contributed by atoms with Crippen molar-refractivity contribution in [3.05, 3.63) is 94.0 Å². The smallest absolute Gasteiger partial charge is 0.227 e. The third kappa shape index (κ3) is 6.42. The SMILES string of the molecule is CC1=CN=C(C2=C(C(C)C)C=C(C)CC2)CC1.Cc1ccc2c(n1)oc1c(-c3cc(C(C)(C)O)cc[n+]3C)c(C)ccc12. The van der Waals surface area contributed by atoms with Crippen molar-refractivity contribution in [1.29, 1.82) is 0 Å². The number of aromatic nitrogens is 2. The highest BCUT2D eigenvalue weighted by Crippen LogP contribution is 2.37. The van der Waals surface area contributed by atoms with Crippen LogP contribution in [0.1, 0.15) is 84.0 Å². The second kappa shape index (κ2) is 12.0. The fraction of sp³-hybridized carbons (Fsp3) is 0.395. The number of aryl methyl sites for hydroxylation is 3. The number of furan rings is 1. The van der Waals surface area contributed by atoms with Crippen LogP contribution in [0, 0.1) is 19.8 Å². The van der Waals surface area contributed by atoms with Crippen molar-refractivity contribution in [2.24, 2.45) is 18.0 Å². The molecule has 5 nitrogen and oxygen atoms in total. The Balaban J connectivity index is 0.000000188. The van der Waals surface area contributed by atoms with Crippen molar-refractivity contribution in [1.82, 2.24) is 4.98 Å². The van der Waals surface area contributed by atoms with Gasteiger partial charge in [-0.15, -0.1) is 0 Å². The number of pyridine rings is 2. The molecule has 1 aliphatic heterocycles. The van der Waals surface area contributed by atoms with Crippen molar-refractivity contribution in [2.45, 2.75) is 86.7 Å². The second-order valence-corrected chi connectivity index (χ2v) is 13.1. The molecule has 0 saturated carbocycles. The molecular weight excluding hydrogens is 530 g/mol. The van der Waals surface area contributed by atoms with Gasteiger partial charge in [-0.25, -0.2) is 9.55 Å². The highest BCUT2D eigenvalue weighted by molar-refractivity contribution is 6.08. The topological polar surface area (TPSA) is 62.5 Å². The lowest BCUT2D eigenvalue weighted by Crippen LogP contribution is -2.32. The van der Waals surface area contributed by atoms with Crippen LogP contribution >= 0.6 is 0 Å². The van der Waals surface area contributed by atoms with Crippen LogP contribution in [0.15, 0.2) is 86.6 Å². The molecule has 0 atom stereocenters. The Hall–Kier alpha value is -3.83. The first-order chi connectivity index (χ1) is 20.3. The van der Waals surface area contributed by atoms with Crippen LogP contribution in [0.4, 0.5) is 0 Å². The van der Waals surface area contributed by atoms with E-state index in [1.807, 2.05) is 38.4 Å². The number of fused-ring (bicyclic) bond motifs is 3. The van der Waals surface area contributed by atoms with Crippen molar-refractivity contribution in [3.63, 3.8) is 0 Å². The Morgan fingerprint density at radius 1 is 0.907 bits per heavy atom. The van der Waals surface area contributed by atoms with Crippen molar-refractivity contribution in [2.75, 3.05) is 0 Å². The van der Waals surface area contributed by atoms with Crippen LogP contribution in [0.5, 0.6) is 0 Å². The predicted molar refractivity (Wildman–Crippen MR) is 178 cm³/mol. The van der Waals surface area contributed by atoms with E-state index in [-0.39, 0.29) is 0 Å². The van der Waals surface area contributed by atoms with Crippen LogP contribution in [-0.4, -0.2) is 15.8 Å². The molecule has 0 saturated heterocycles. The first-order valence-electron chi connectivity index (χ1n) is 15.5. The molecule has 1 aromatic carbocycles. The summed E-state index contributed by atoms with van der Waals surface area (Å²) in [5.74, 6) is 0.606. The molecule has 0 fully saturated rings. The summed E-state index contributed by atoms with van der Waals surface area (Å²) in [5, 5.41) is 12.5. The zero-order valence-electron chi connectivity index (χ0n) is 27.3. The fourth-order valence-corrected chi connectivity index (χ4v) is 6.01. The van der Waals surface area contributed by atoms with Gasteiger partial charge in [0.15, 0.2) is 11.8 Å². The van der Waals surface area contributed by atoms with Gasteiger partial charge in [-0.3, -0.25) is 4.99 Å². The van der Waals surface area contributed by atoms with Gasteiger partial charge in [0.05, 0.1) is 11.2 Å². The number of aliphatic imine (C=N–C) groups is 1. The Bertz CT molecular complexity index is 1820. The van der Waals surface area contributed by atoms with Gasteiger partial charge in [-0.2, -0.15) is 0 Å². The molecule has 0 amide bonds. The number of aliphatic hydroxyl groups is 1. The largest absolute Gasteiger partial charge is 0.437 e. The lowest BCUT2D eigenvalue weighted by atomic mass is 9.83. The van der Waals surface area contributed by atoms with Crippen LogP contribution in [0.3, 0.4) is 0 Å². The van der Waals surface area contributed by atoms with Gasteiger partial charge < -0.3 is 9.52 Å². The number of benzene rings is 1. The highest BCUT2D eigenvalue weighted by atomic mass is 16.3. The molecule has 0 radical (unpaired) electrons. The summed E-state index contributed by atoms with van der Waals surface area (Å²) < 4.78 is 8.25. The first kappa shape index (κ1) is 30.6. The average molecular weight is 577 g/mol. The number of allylic oxidation sites excluding steroid dienone is 5. The van der Waals surface area contributed by atoms with Gasteiger partial charge in [0.1, 0.15) is 7.05 Å². The molecule has 0 unspecified atom stereocenters. The highest BCUT2D eigenvalue weighted by Gasteiger charge is 2.25. The molecular formula is C38H46N3O2+. The summed E-state index contributed by atoms with van der Waals surface area (Å²) in [6, 6.07) is 12.3. The maximum atomic E-state index is 10.4. The molecule has 2 aliphatic rings. The summed E-state index contributed by atoms with van der Waals surface area (Å²) in [7, 11) is 2.01. The minimum Gasteiger partial charge on any atom is -0.437 e. The van der Waals surface area contributed by atoms with Crippen LogP contribution < -0.4 is 4.57 Å². The summed E-state index contributed by atoms with van der Waals surface area (Å²) in [5.41, 5.74) is 12.8. The van der Waals surface area contributed by atoms with Gasteiger partial charge in [0.2, 0.25) is 11.4 Å². The molecule has 1 aliphatic carbocycles. The Morgan fingerprint density at radius 3 is 2.30 bits per heavy atom. The van der Waals surface area contributed by atoms with E-state index < -0.39 is 5.60 Å². The Kier molecular flexibility index (Phi) is 8.58. The van der Waals surface area contributed by atoms with Gasteiger partial charge >= 0.3 is 0 Å². The van der Waals surface area contributed by atoms with E-state index in [0.29, 0.717) is 11.6 Å². The summed E-state index contributed by atoms with van der Waals surface area (Å²) in [6.07, 6.45) is 11.1. The molecule has 1 N–H and O–H groups in total. The van der Waals surface area contributed by atoms with Gasteiger partial charge in [-0.1, -0.05) is 43.2 Å². The fourth-order valence-electron chi connectivity index (χ4n) is 6.01. The predicted octanol–water partition coefficient (Wildman–Crippen LogP) is 9.13. The van der Waals surface area contributed by atoms with Crippen LogP contribution in [-0.2, 0) is 12.6 Å². The zero-order valence-corrected chi connectivity index (χ0v) is 27.3. The van der Waals surface area contributed by atoms with Crippen molar-refractivity contribution < 1.29 is 14.1 Å². The third-order valence-electron chi connectivity index (χ3n) is 8.65. The molecule has 3 aromatic heterocycles. The van der Waals surface area contributed by atoms with E-state index in [1.54, 1.807) is 13.8 Å². The van der Waals surface area contributed by atoms with Crippen molar-refractivity contribution in [3.8, 4) is 11.3 Å². The molecule has 5 heteroatoms. The van der Waals surface area contributed by atoms with E-state index in [9.17, 15) is 5.11 Å². The number of rotatable bonds is 4. The van der Waals surface area contributed by atoms with Crippen LogP contribution in [0.2, 0.25) is 0 Å². The molecule has 224 valence electrons. The maximum absolute atomic E-state index is 10.4. The number of nitrogens with zero attached hydrogens (tertiary/aromatic N) is 3. The van der Waals surface area contributed by atoms with Gasteiger partial charge in [-0.05, 0) is 108 Å². The minimum absolute atomic E-state index is 0.606. The first-order valence-corrected chi connectivity index (χ1v) is 15.5. The number of hydrogen-bond donors (Lipinski definition) is 1. The normalized spacial score (nSPS) is 15.8. The second-order valence-electron chi connectivity index (χ2n) is 13.1. The maximum Gasteiger partial charge on any atom is 0.227 e. The molecule has 43 heavy (non-hydrogen) atoms. The van der Waals surface area contributed by atoms with E-state index in [1.165, 1.54) is 47.3 Å². The van der Waals surface area contributed by atoms with E-state index in [2.05, 4.69) is 79.6 Å². The number of hydrogen-bond acceptors (Lipinski definition) is 4. The summed E-state index contributed by atoms with van der Waals surface area (Å²) in [4.78, 5) is 9.20. The molecule has 0 spiro atoms. The quantitative estimate of drug-likeness (QED) is 0.246. The molecule has 6 rings (SSSR count). The zero-order chi connectivity index (χ0) is 31.1. The lowest BCUT2D eigenvalue weighted by molar-refractivity contribution is -0.660. The Morgan fingerprint density at radius 2 is 1.63 bits per heavy atom. The lowest BCUT2D eigenvalue weighted by Gasteiger charge is -2.24. The molecule has 4 aromatic rings. The molecule has 0 bridgehead atoms. The summed E-state index contributed by atoms with van der Waals surface area (Å²) in [6.45, 7) is 16.6. The standard InChI is InChI=1S/C22H23N2O2.C16H23N/c1-13-6-8-16-17-9-7-14(2)23-21(17)26-20(16)19(13)18-12-15(22(3,4)25)10-11-24(18)5;1-11(2)15-9-12(3)5-7-14(15)16-8-6-13(4)10-17-16/h6-12,25H,1-5H3;9-11H,5-8H2,1-4H3/q+1;. The summed E-state index contributed by atoms with van der Waals surface area (Å²) >= 11 is 0. The molecule has 4 heterocycles. The Labute approximate surface area is 256 Å². The van der Waals surface area contributed by atoms with Gasteiger partial charge in [0.25, 0.3) is 0 Å². The van der Waals surface area contributed by atoms with Gasteiger partial charge in [0, 0.05) is 40.5 Å². The van der Waals surface area contributed by atoms with E-state index in [4.69, 9.17) is 4.42 Å². The van der Waals surface area contributed by atoms with E-state index in [0.717, 1.165) is 50.9 Å². The van der Waals surface area contributed by atoms with E-state index >= 15 is 0 Å². The van der Waals surface area contributed by atoms with Crippen LogP contribution in [0.25, 0.3) is 33.3 Å². The third-order valence-corrected chi connectivity index (χ3v) is 8.65.